The summed E-state index contributed by atoms with van der Waals surface area (Å²) in [5, 5.41) is 22.0. The Hall–Kier alpha value is -4.30. The molecule has 1 atom stereocenters. The molecule has 2 aromatic heterocycles. The summed E-state index contributed by atoms with van der Waals surface area (Å²) in [6, 6.07) is 14.2. The van der Waals surface area contributed by atoms with Gasteiger partial charge in [-0.25, -0.2) is 0 Å². The van der Waals surface area contributed by atoms with Gasteiger partial charge in [0.25, 0.3) is 0 Å². The SMILES string of the molecule is Cc1sc2c(c1C)C(c1ccc(Cl)cc1)=NC(CC(=O)Nc1ccc(OCCOCCOCCOCCOCCOCCOCCOCCC(=O)O)cc1)c1nnc(C)n1-2. The molecule has 0 spiro atoms. The minimum Gasteiger partial charge on any atom is -0.491 e. The number of halogens is 1. The summed E-state index contributed by atoms with van der Waals surface area (Å²) in [5.74, 6) is 0.923. The molecule has 1 aliphatic heterocycles. The molecule has 16 nitrogen and oxygen atoms in total. The zero-order valence-electron chi connectivity index (χ0n) is 34.3. The molecular formula is C42H54ClN5O11S. The Balaban J connectivity index is 0.905. The minimum absolute atomic E-state index is 0.0126. The van der Waals surface area contributed by atoms with E-state index in [4.69, 9.17) is 59.6 Å². The highest BCUT2D eigenvalue weighted by atomic mass is 35.5. The first-order valence-corrected chi connectivity index (χ1v) is 21.1. The fourth-order valence-electron chi connectivity index (χ4n) is 5.95. The number of hydrogen-bond donors (Lipinski definition) is 2. The van der Waals surface area contributed by atoms with Crippen LogP contribution in [0.15, 0.2) is 53.5 Å². The molecule has 60 heavy (non-hydrogen) atoms. The molecule has 0 bridgehead atoms. The third-order valence-electron chi connectivity index (χ3n) is 9.06. The number of aliphatic carboxylic acids is 1. The predicted octanol–water partition coefficient (Wildman–Crippen LogP) is 5.80. The standard InChI is InChI=1S/C42H54ClN5O11S/c1-29-30(2)60-42-39(29)40(32-4-6-33(43)7-5-32)45-36(41-47-46-31(3)48(41)42)28-37(49)44-34-8-10-35(11-9-34)59-27-26-58-25-24-57-23-22-56-21-20-55-19-18-54-17-16-53-15-14-52-13-12-38(50)51/h4-11,36H,12-28H2,1-3H3,(H,44,49)(H,50,51). The van der Waals surface area contributed by atoms with Crippen molar-refractivity contribution in [3.05, 3.63) is 86.8 Å². The molecule has 18 heteroatoms. The highest BCUT2D eigenvalue weighted by Crippen LogP contribution is 2.39. The molecule has 0 aliphatic carbocycles. The lowest BCUT2D eigenvalue weighted by molar-refractivity contribution is -0.138. The van der Waals surface area contributed by atoms with Crippen molar-refractivity contribution in [1.82, 2.24) is 14.8 Å². The summed E-state index contributed by atoms with van der Waals surface area (Å²) in [4.78, 5) is 30.2. The van der Waals surface area contributed by atoms with Gasteiger partial charge in [0.05, 0.1) is 111 Å². The smallest absolute Gasteiger partial charge is 0.305 e. The second-order valence-electron chi connectivity index (χ2n) is 13.5. The summed E-state index contributed by atoms with van der Waals surface area (Å²) >= 11 is 7.90. The summed E-state index contributed by atoms with van der Waals surface area (Å²) < 4.78 is 45.9. The Morgan fingerprint density at radius 3 is 1.77 bits per heavy atom. The first-order chi connectivity index (χ1) is 29.2. The van der Waals surface area contributed by atoms with Crippen LogP contribution in [0, 0.1) is 20.8 Å². The number of amides is 1. The van der Waals surface area contributed by atoms with Crippen molar-refractivity contribution in [2.75, 3.05) is 104 Å². The average molecular weight is 872 g/mol. The van der Waals surface area contributed by atoms with Crippen LogP contribution >= 0.6 is 22.9 Å². The van der Waals surface area contributed by atoms with Crippen LogP contribution in [0.4, 0.5) is 5.69 Å². The van der Waals surface area contributed by atoms with Crippen LogP contribution in [0.5, 0.6) is 5.75 Å². The van der Waals surface area contributed by atoms with Crippen LogP contribution in [0.1, 0.15) is 52.1 Å². The number of benzene rings is 2. The van der Waals surface area contributed by atoms with E-state index in [0.29, 0.717) is 115 Å². The Kier molecular flexibility index (Phi) is 19.8. The summed E-state index contributed by atoms with van der Waals surface area (Å²) in [6.07, 6.45) is 0.0557. The van der Waals surface area contributed by atoms with E-state index in [1.54, 1.807) is 35.6 Å². The van der Waals surface area contributed by atoms with Gasteiger partial charge in [0.1, 0.15) is 29.2 Å². The molecule has 0 radical (unpaired) electrons. The first-order valence-electron chi connectivity index (χ1n) is 19.9. The van der Waals surface area contributed by atoms with Crippen LogP contribution in [0.3, 0.4) is 0 Å². The highest BCUT2D eigenvalue weighted by Gasteiger charge is 2.32. The number of carbonyl (C=O) groups excluding carboxylic acids is 1. The number of aliphatic imine (C=N–C) groups is 1. The molecule has 1 amide bonds. The van der Waals surface area contributed by atoms with Crippen molar-refractivity contribution in [2.24, 2.45) is 4.99 Å². The Labute approximate surface area is 359 Å². The number of thiophene rings is 1. The van der Waals surface area contributed by atoms with Gasteiger partial charge in [-0.05, 0) is 62.7 Å². The second-order valence-corrected chi connectivity index (χ2v) is 15.1. The largest absolute Gasteiger partial charge is 0.491 e. The molecule has 0 fully saturated rings. The number of fused-ring (bicyclic) bond motifs is 3. The monoisotopic (exact) mass is 871 g/mol. The molecule has 2 N–H and O–H groups in total. The fourth-order valence-corrected chi connectivity index (χ4v) is 7.29. The van der Waals surface area contributed by atoms with E-state index in [0.717, 1.165) is 33.2 Å². The van der Waals surface area contributed by atoms with Gasteiger partial charge in [-0.3, -0.25) is 19.1 Å². The number of rotatable bonds is 29. The van der Waals surface area contributed by atoms with Gasteiger partial charge in [0.15, 0.2) is 5.82 Å². The topological polar surface area (TPSA) is 183 Å². The maximum atomic E-state index is 13.5. The average Bonchev–Trinajstić information content (AvgIpc) is 3.71. The second kappa shape index (κ2) is 25.5. The van der Waals surface area contributed by atoms with E-state index in [2.05, 4.69) is 29.4 Å². The molecule has 326 valence electrons. The van der Waals surface area contributed by atoms with Crippen LogP contribution in [0.2, 0.25) is 5.02 Å². The van der Waals surface area contributed by atoms with Gasteiger partial charge >= 0.3 is 5.97 Å². The number of anilines is 1. The number of nitrogens with zero attached hydrogens (tertiary/aromatic N) is 4. The maximum absolute atomic E-state index is 13.5. The Morgan fingerprint density at radius 1 is 0.717 bits per heavy atom. The molecule has 3 heterocycles. The fraction of sp³-hybridized carbons (Fsp3) is 0.500. The van der Waals surface area contributed by atoms with E-state index >= 15 is 0 Å². The van der Waals surface area contributed by atoms with Crippen LogP contribution in [-0.2, 0) is 42.7 Å². The lowest BCUT2D eigenvalue weighted by atomic mass is 9.99. The summed E-state index contributed by atoms with van der Waals surface area (Å²) in [7, 11) is 0. The van der Waals surface area contributed by atoms with E-state index < -0.39 is 12.0 Å². The number of hydrogen-bond acceptors (Lipinski definition) is 14. The lowest BCUT2D eigenvalue weighted by Crippen LogP contribution is -2.17. The number of aryl methyl sites for hydroxylation is 2. The molecule has 0 saturated carbocycles. The zero-order chi connectivity index (χ0) is 42.5. The van der Waals surface area contributed by atoms with Crippen molar-refractivity contribution in [3.8, 4) is 10.8 Å². The maximum Gasteiger partial charge on any atom is 0.305 e. The number of nitrogens with one attached hydrogen (secondary N) is 1. The van der Waals surface area contributed by atoms with E-state index in [1.807, 2.05) is 35.8 Å². The van der Waals surface area contributed by atoms with Crippen LogP contribution in [-0.4, -0.2) is 137 Å². The highest BCUT2D eigenvalue weighted by molar-refractivity contribution is 7.15. The quantitative estimate of drug-likeness (QED) is 0.0626. The third-order valence-corrected chi connectivity index (χ3v) is 10.5. The molecule has 2 aromatic carbocycles. The first kappa shape index (κ1) is 46.8. The number of aromatic nitrogens is 3. The number of carboxylic acid groups (broad SMARTS) is 1. The normalized spacial score (nSPS) is 13.4. The van der Waals surface area contributed by atoms with Gasteiger partial charge in [-0.2, -0.15) is 0 Å². The van der Waals surface area contributed by atoms with Crippen molar-refractivity contribution >= 4 is 46.2 Å². The minimum atomic E-state index is -0.882. The van der Waals surface area contributed by atoms with Gasteiger partial charge in [0.2, 0.25) is 5.91 Å². The predicted molar refractivity (Wildman–Crippen MR) is 226 cm³/mol. The van der Waals surface area contributed by atoms with Gasteiger partial charge in [-0.15, -0.1) is 21.5 Å². The Bertz CT molecular complexity index is 1960. The number of carboxylic acids is 1. The van der Waals surface area contributed by atoms with E-state index in [9.17, 15) is 9.59 Å². The van der Waals surface area contributed by atoms with Gasteiger partial charge in [0, 0.05) is 26.7 Å². The van der Waals surface area contributed by atoms with E-state index in [1.165, 1.54) is 4.88 Å². The van der Waals surface area contributed by atoms with Gasteiger partial charge < -0.3 is 48.3 Å². The molecule has 1 aliphatic rings. The number of ether oxygens (including phenoxy) is 8. The molecule has 0 saturated heterocycles. The third kappa shape index (κ3) is 15.0. The van der Waals surface area contributed by atoms with Crippen molar-refractivity contribution in [2.45, 2.75) is 39.7 Å². The van der Waals surface area contributed by atoms with Gasteiger partial charge in [-0.1, -0.05) is 23.7 Å². The van der Waals surface area contributed by atoms with E-state index in [-0.39, 0.29) is 25.4 Å². The zero-order valence-corrected chi connectivity index (χ0v) is 35.9. The molecular weight excluding hydrogens is 818 g/mol. The summed E-state index contributed by atoms with van der Waals surface area (Å²) in [5.41, 5.74) is 4.49. The molecule has 5 rings (SSSR count). The number of carbonyl (C=O) groups is 2. The molecule has 4 aromatic rings. The molecule has 1 unspecified atom stereocenters. The lowest BCUT2D eigenvalue weighted by Gasteiger charge is -2.13. The van der Waals surface area contributed by atoms with Crippen molar-refractivity contribution < 1.29 is 52.6 Å². The van der Waals surface area contributed by atoms with Crippen molar-refractivity contribution in [3.63, 3.8) is 0 Å². The van der Waals surface area contributed by atoms with Crippen molar-refractivity contribution in [1.29, 1.82) is 0 Å². The van der Waals surface area contributed by atoms with Crippen LogP contribution < -0.4 is 10.1 Å². The Morgan fingerprint density at radius 2 is 1.23 bits per heavy atom. The summed E-state index contributed by atoms with van der Waals surface area (Å²) in [6.45, 7) is 12.3. The van der Waals surface area contributed by atoms with Crippen LogP contribution in [0.25, 0.3) is 5.00 Å².